The minimum atomic E-state index is -0.269. The molecule has 0 aliphatic heterocycles. The van der Waals surface area contributed by atoms with Crippen LogP contribution in [0.15, 0.2) is 0 Å². The topological polar surface area (TPSA) is 61.4 Å². The van der Waals surface area contributed by atoms with Gasteiger partial charge in [0, 0.05) is 19.6 Å². The van der Waals surface area contributed by atoms with E-state index in [1.807, 2.05) is 13.8 Å². The van der Waals surface area contributed by atoms with E-state index in [1.165, 1.54) is 0 Å². The Morgan fingerprint density at radius 2 is 1.69 bits per heavy atom. The van der Waals surface area contributed by atoms with Gasteiger partial charge in [0.05, 0.1) is 6.54 Å². The third kappa shape index (κ3) is 6.27. The molecule has 0 rings (SSSR count). The van der Waals surface area contributed by atoms with Gasteiger partial charge in [-0.05, 0) is 20.3 Å². The largest absolute Gasteiger partial charge is 0.342 e. The molecule has 94 valence electrons. The van der Waals surface area contributed by atoms with Crippen molar-refractivity contribution in [3.63, 3.8) is 0 Å². The highest BCUT2D eigenvalue weighted by molar-refractivity contribution is 5.83. The molecule has 0 atom stereocenters. The molecule has 0 spiro atoms. The molecule has 0 fully saturated rings. The lowest BCUT2D eigenvalue weighted by atomic mass is 10.3. The van der Waals surface area contributed by atoms with E-state index in [1.54, 1.807) is 4.90 Å². The zero-order valence-corrected chi connectivity index (χ0v) is 10.5. The Labute approximate surface area is 97.6 Å². The fraction of sp³-hybridized carbons (Fsp3) is 0.818. The van der Waals surface area contributed by atoms with E-state index in [2.05, 4.69) is 17.6 Å². The minimum absolute atomic E-state index is 0.0457. The first-order valence-corrected chi connectivity index (χ1v) is 5.95. The molecule has 0 aliphatic rings. The van der Waals surface area contributed by atoms with Crippen LogP contribution in [0.5, 0.6) is 0 Å². The van der Waals surface area contributed by atoms with E-state index in [-0.39, 0.29) is 18.5 Å². The summed E-state index contributed by atoms with van der Waals surface area (Å²) < 4.78 is 0. The maximum Gasteiger partial charge on any atom is 0.315 e. The Hall–Kier alpha value is -1.26. The third-order valence-corrected chi connectivity index (χ3v) is 2.33. The smallest absolute Gasteiger partial charge is 0.315 e. The fourth-order valence-electron chi connectivity index (χ4n) is 1.29. The van der Waals surface area contributed by atoms with Crippen LogP contribution < -0.4 is 10.6 Å². The summed E-state index contributed by atoms with van der Waals surface area (Å²) in [5.74, 6) is -0.0457. The van der Waals surface area contributed by atoms with Crippen molar-refractivity contribution >= 4 is 11.9 Å². The summed E-state index contributed by atoms with van der Waals surface area (Å²) in [5, 5.41) is 5.24. The monoisotopic (exact) mass is 229 g/mol. The second-order valence-electron chi connectivity index (χ2n) is 3.53. The van der Waals surface area contributed by atoms with Crippen molar-refractivity contribution in [3.05, 3.63) is 0 Å². The first-order chi connectivity index (χ1) is 7.65. The summed E-state index contributed by atoms with van der Waals surface area (Å²) in [6.45, 7) is 7.97. The molecule has 0 aromatic heterocycles. The lowest BCUT2D eigenvalue weighted by molar-refractivity contribution is -0.129. The van der Waals surface area contributed by atoms with E-state index in [0.29, 0.717) is 19.6 Å². The summed E-state index contributed by atoms with van der Waals surface area (Å²) in [7, 11) is 0. The van der Waals surface area contributed by atoms with Crippen LogP contribution in [0.1, 0.15) is 33.6 Å². The summed E-state index contributed by atoms with van der Waals surface area (Å²) >= 11 is 0. The van der Waals surface area contributed by atoms with Gasteiger partial charge in [-0.2, -0.15) is 0 Å². The van der Waals surface area contributed by atoms with Crippen LogP contribution in [0, 0.1) is 0 Å². The zero-order valence-electron chi connectivity index (χ0n) is 10.5. The highest BCUT2D eigenvalue weighted by Gasteiger charge is 2.10. The number of hydrogen-bond acceptors (Lipinski definition) is 2. The van der Waals surface area contributed by atoms with Gasteiger partial charge in [-0.3, -0.25) is 4.79 Å². The Morgan fingerprint density at radius 1 is 1.06 bits per heavy atom. The molecule has 0 unspecified atom stereocenters. The average Bonchev–Trinajstić information content (AvgIpc) is 2.28. The van der Waals surface area contributed by atoms with Gasteiger partial charge in [0.15, 0.2) is 0 Å². The Bertz CT molecular complexity index is 215. The van der Waals surface area contributed by atoms with Crippen molar-refractivity contribution in [1.82, 2.24) is 15.5 Å². The predicted octanol–water partition coefficient (Wildman–Crippen LogP) is 0.954. The van der Waals surface area contributed by atoms with Crippen molar-refractivity contribution in [3.8, 4) is 0 Å². The summed E-state index contributed by atoms with van der Waals surface area (Å²) in [6.07, 6.45) is 2.00. The molecule has 0 aliphatic carbocycles. The number of amides is 3. The van der Waals surface area contributed by atoms with E-state index in [4.69, 9.17) is 0 Å². The van der Waals surface area contributed by atoms with Gasteiger partial charge in [-0.1, -0.05) is 13.3 Å². The standard InChI is InChI=1S/C11H23N3O2/c1-4-7-8-12-11(16)13-9-10(15)14(5-2)6-3/h4-9H2,1-3H3,(H2,12,13,16). The number of hydrogen-bond donors (Lipinski definition) is 2. The average molecular weight is 229 g/mol. The van der Waals surface area contributed by atoms with Crippen LogP contribution in [0.25, 0.3) is 0 Å². The van der Waals surface area contributed by atoms with Crippen molar-refractivity contribution in [2.45, 2.75) is 33.6 Å². The lowest BCUT2D eigenvalue weighted by Gasteiger charge is -2.18. The summed E-state index contributed by atoms with van der Waals surface area (Å²) in [4.78, 5) is 24.4. The molecular weight excluding hydrogens is 206 g/mol. The van der Waals surface area contributed by atoms with E-state index >= 15 is 0 Å². The van der Waals surface area contributed by atoms with Crippen molar-refractivity contribution in [2.24, 2.45) is 0 Å². The highest BCUT2D eigenvalue weighted by Crippen LogP contribution is 1.87. The number of carbonyl (C=O) groups excluding carboxylic acids is 2. The van der Waals surface area contributed by atoms with Gasteiger partial charge >= 0.3 is 6.03 Å². The van der Waals surface area contributed by atoms with Crippen LogP contribution >= 0.6 is 0 Å². The molecule has 5 nitrogen and oxygen atoms in total. The van der Waals surface area contributed by atoms with Crippen molar-refractivity contribution in [2.75, 3.05) is 26.2 Å². The molecule has 0 bridgehead atoms. The minimum Gasteiger partial charge on any atom is -0.342 e. The molecule has 0 saturated carbocycles. The van der Waals surface area contributed by atoms with E-state index < -0.39 is 0 Å². The van der Waals surface area contributed by atoms with Crippen LogP contribution in [0.3, 0.4) is 0 Å². The van der Waals surface area contributed by atoms with Gasteiger partial charge in [-0.25, -0.2) is 4.79 Å². The Kier molecular flexibility index (Phi) is 8.29. The maximum atomic E-state index is 11.5. The predicted molar refractivity (Wildman–Crippen MR) is 64.2 cm³/mol. The zero-order chi connectivity index (χ0) is 12.4. The molecular formula is C11H23N3O2. The Morgan fingerprint density at radius 3 is 2.19 bits per heavy atom. The molecule has 0 aromatic rings. The quantitative estimate of drug-likeness (QED) is 0.639. The maximum absolute atomic E-state index is 11.5. The van der Waals surface area contributed by atoms with Gasteiger partial charge in [0.2, 0.25) is 5.91 Å². The molecule has 3 amide bonds. The molecule has 0 radical (unpaired) electrons. The number of urea groups is 1. The van der Waals surface area contributed by atoms with Crippen molar-refractivity contribution < 1.29 is 9.59 Å². The van der Waals surface area contributed by atoms with Crippen LogP contribution in [0.2, 0.25) is 0 Å². The summed E-state index contributed by atoms with van der Waals surface area (Å²) in [6, 6.07) is -0.269. The van der Waals surface area contributed by atoms with Crippen molar-refractivity contribution in [1.29, 1.82) is 0 Å². The number of nitrogens with one attached hydrogen (secondary N) is 2. The lowest BCUT2D eigenvalue weighted by Crippen LogP contribution is -2.43. The third-order valence-electron chi connectivity index (χ3n) is 2.33. The first-order valence-electron chi connectivity index (χ1n) is 5.95. The van der Waals surface area contributed by atoms with Gasteiger partial charge in [-0.15, -0.1) is 0 Å². The van der Waals surface area contributed by atoms with Crippen LogP contribution in [-0.2, 0) is 4.79 Å². The number of likely N-dealkylation sites (N-methyl/N-ethyl adjacent to an activating group) is 1. The number of rotatable bonds is 7. The van der Waals surface area contributed by atoms with E-state index in [9.17, 15) is 9.59 Å². The summed E-state index contributed by atoms with van der Waals surface area (Å²) in [5.41, 5.74) is 0. The Balaban J connectivity index is 3.70. The molecule has 0 heterocycles. The molecule has 2 N–H and O–H groups in total. The fourth-order valence-corrected chi connectivity index (χ4v) is 1.29. The highest BCUT2D eigenvalue weighted by atomic mass is 16.2. The van der Waals surface area contributed by atoms with E-state index in [0.717, 1.165) is 12.8 Å². The molecule has 16 heavy (non-hydrogen) atoms. The van der Waals surface area contributed by atoms with Gasteiger partial charge in [0.1, 0.15) is 0 Å². The van der Waals surface area contributed by atoms with Crippen LogP contribution in [0.4, 0.5) is 4.79 Å². The molecule has 0 saturated heterocycles. The molecule has 0 aromatic carbocycles. The number of carbonyl (C=O) groups is 2. The normalized spacial score (nSPS) is 9.69. The number of nitrogens with zero attached hydrogens (tertiary/aromatic N) is 1. The first kappa shape index (κ1) is 14.7. The number of unbranched alkanes of at least 4 members (excludes halogenated alkanes) is 1. The second-order valence-corrected chi connectivity index (χ2v) is 3.53. The van der Waals surface area contributed by atoms with Crippen LogP contribution in [-0.4, -0.2) is 43.0 Å². The van der Waals surface area contributed by atoms with Gasteiger partial charge in [0.25, 0.3) is 0 Å². The van der Waals surface area contributed by atoms with Gasteiger partial charge < -0.3 is 15.5 Å². The SMILES string of the molecule is CCCCNC(=O)NCC(=O)N(CC)CC. The second kappa shape index (κ2) is 9.00. The molecule has 5 heteroatoms.